The van der Waals surface area contributed by atoms with Gasteiger partial charge < -0.3 is 0 Å². The second-order valence-corrected chi connectivity index (χ2v) is 12.2. The van der Waals surface area contributed by atoms with E-state index in [2.05, 4.69) is 182 Å². The zero-order valence-electron chi connectivity index (χ0n) is 26.2. The summed E-state index contributed by atoms with van der Waals surface area (Å²) in [5.74, 6) is 0.721. The van der Waals surface area contributed by atoms with Gasteiger partial charge >= 0.3 is 0 Å². The molecular weight excluding hydrogens is 581 g/mol. The van der Waals surface area contributed by atoms with Crippen molar-refractivity contribution in [3.63, 3.8) is 0 Å². The van der Waals surface area contributed by atoms with Crippen LogP contribution in [0.1, 0.15) is 0 Å². The van der Waals surface area contributed by atoms with Gasteiger partial charge in [-0.25, -0.2) is 9.97 Å². The Morgan fingerprint density at radius 2 is 0.812 bits per heavy atom. The molecule has 1 aromatic heterocycles. The molecule has 224 valence electrons. The van der Waals surface area contributed by atoms with Gasteiger partial charge in [0.2, 0.25) is 0 Å². The molecule has 9 aromatic rings. The molecule has 0 fully saturated rings. The van der Waals surface area contributed by atoms with Gasteiger partial charge in [0, 0.05) is 16.5 Å². The minimum atomic E-state index is 0.721. The van der Waals surface area contributed by atoms with Gasteiger partial charge in [0.05, 0.1) is 11.2 Å². The van der Waals surface area contributed by atoms with Crippen molar-refractivity contribution < 1.29 is 0 Å². The molecule has 0 spiro atoms. The monoisotopic (exact) mass is 610 g/mol. The third-order valence-electron chi connectivity index (χ3n) is 9.27. The maximum atomic E-state index is 5.32. The standard InChI is InChI=1S/C46H30N2/c1-2-11-31(12-3-1)36-16-8-18-38(29-36)39-19-9-17-37(30-39)32-23-25-35(26-24-32)46-47-43-28-27-34-14-5-7-21-41(34)44(43)45(48-46)42-22-10-15-33-13-4-6-20-40(33)42/h1-30H. The summed E-state index contributed by atoms with van der Waals surface area (Å²) >= 11 is 0. The molecule has 9 rings (SSSR count). The van der Waals surface area contributed by atoms with Gasteiger partial charge in [-0.2, -0.15) is 0 Å². The van der Waals surface area contributed by atoms with Gasteiger partial charge in [0.25, 0.3) is 0 Å². The van der Waals surface area contributed by atoms with Crippen molar-refractivity contribution in [2.24, 2.45) is 0 Å². The molecule has 0 atom stereocenters. The molecule has 0 aliphatic carbocycles. The zero-order chi connectivity index (χ0) is 31.9. The molecule has 8 aromatic carbocycles. The topological polar surface area (TPSA) is 25.8 Å². The Balaban J connectivity index is 1.13. The van der Waals surface area contributed by atoms with Gasteiger partial charge in [0.1, 0.15) is 0 Å². The fourth-order valence-corrected chi connectivity index (χ4v) is 6.86. The molecule has 0 aliphatic heterocycles. The van der Waals surface area contributed by atoms with Crippen molar-refractivity contribution in [3.05, 3.63) is 182 Å². The Bertz CT molecular complexity index is 2600. The Morgan fingerprint density at radius 3 is 1.52 bits per heavy atom. The van der Waals surface area contributed by atoms with Gasteiger partial charge in [0.15, 0.2) is 5.82 Å². The van der Waals surface area contributed by atoms with E-state index in [-0.39, 0.29) is 0 Å². The molecule has 48 heavy (non-hydrogen) atoms. The quantitative estimate of drug-likeness (QED) is 0.181. The number of aromatic nitrogens is 2. The number of benzene rings is 8. The average molecular weight is 611 g/mol. The Kier molecular flexibility index (Phi) is 6.84. The molecule has 1 heterocycles. The fourth-order valence-electron chi connectivity index (χ4n) is 6.86. The van der Waals surface area contributed by atoms with Crippen LogP contribution in [-0.4, -0.2) is 9.97 Å². The highest BCUT2D eigenvalue weighted by atomic mass is 14.9. The molecule has 0 N–H and O–H groups in total. The van der Waals surface area contributed by atoms with Gasteiger partial charge in [-0.05, 0) is 73.1 Å². The minimum Gasteiger partial charge on any atom is -0.228 e. The summed E-state index contributed by atoms with van der Waals surface area (Å²) in [6.45, 7) is 0. The number of rotatable bonds is 5. The van der Waals surface area contributed by atoms with Crippen LogP contribution in [0.15, 0.2) is 182 Å². The highest BCUT2D eigenvalue weighted by Crippen LogP contribution is 2.38. The lowest BCUT2D eigenvalue weighted by Crippen LogP contribution is -1.96. The summed E-state index contributed by atoms with van der Waals surface area (Å²) < 4.78 is 0. The Labute approximate surface area is 279 Å². The smallest absolute Gasteiger partial charge is 0.160 e. The first kappa shape index (κ1) is 27.9. The van der Waals surface area contributed by atoms with E-state index in [1.54, 1.807) is 0 Å². The lowest BCUT2D eigenvalue weighted by molar-refractivity contribution is 1.23. The predicted molar refractivity (Wildman–Crippen MR) is 202 cm³/mol. The highest BCUT2D eigenvalue weighted by Gasteiger charge is 2.16. The van der Waals surface area contributed by atoms with Gasteiger partial charge in [-0.15, -0.1) is 0 Å². The van der Waals surface area contributed by atoms with Crippen LogP contribution in [0.25, 0.3) is 88.5 Å². The molecule has 0 saturated carbocycles. The fraction of sp³-hybridized carbons (Fsp3) is 0. The zero-order valence-corrected chi connectivity index (χ0v) is 26.2. The Hall–Kier alpha value is -6.38. The van der Waals surface area contributed by atoms with Crippen LogP contribution >= 0.6 is 0 Å². The molecule has 0 unspecified atom stereocenters. The largest absolute Gasteiger partial charge is 0.228 e. The number of nitrogens with zero attached hydrogens (tertiary/aromatic N) is 2. The van der Waals surface area contributed by atoms with Crippen LogP contribution in [0.4, 0.5) is 0 Å². The molecule has 0 amide bonds. The lowest BCUT2D eigenvalue weighted by atomic mass is 9.95. The van der Waals surface area contributed by atoms with Crippen LogP contribution in [0.2, 0.25) is 0 Å². The summed E-state index contributed by atoms with van der Waals surface area (Å²) in [7, 11) is 0. The first-order chi connectivity index (χ1) is 23.8. The molecule has 2 nitrogen and oxygen atoms in total. The number of hydrogen-bond donors (Lipinski definition) is 0. The normalized spacial score (nSPS) is 11.3. The van der Waals surface area contributed by atoms with Crippen molar-refractivity contribution >= 4 is 32.4 Å². The van der Waals surface area contributed by atoms with E-state index in [1.807, 2.05) is 0 Å². The van der Waals surface area contributed by atoms with E-state index in [9.17, 15) is 0 Å². The third kappa shape index (κ3) is 5.01. The van der Waals surface area contributed by atoms with Crippen LogP contribution in [0.5, 0.6) is 0 Å². The molecule has 2 heteroatoms. The first-order valence-corrected chi connectivity index (χ1v) is 16.3. The molecule has 0 bridgehead atoms. The SMILES string of the molecule is c1ccc(-c2cccc(-c3cccc(-c4ccc(-c5nc(-c6cccc7ccccc67)c6c(ccc7ccccc76)n5)cc4)c3)c2)cc1. The first-order valence-electron chi connectivity index (χ1n) is 16.3. The summed E-state index contributed by atoms with van der Waals surface area (Å²) in [6.07, 6.45) is 0. The molecule has 0 aliphatic rings. The van der Waals surface area contributed by atoms with E-state index in [1.165, 1.54) is 44.0 Å². The van der Waals surface area contributed by atoms with Gasteiger partial charge in [-0.3, -0.25) is 0 Å². The van der Waals surface area contributed by atoms with E-state index >= 15 is 0 Å². The van der Waals surface area contributed by atoms with Crippen molar-refractivity contribution in [2.75, 3.05) is 0 Å². The average Bonchev–Trinajstić information content (AvgIpc) is 3.17. The minimum absolute atomic E-state index is 0.721. The second kappa shape index (κ2) is 11.8. The molecular formula is C46H30N2. The van der Waals surface area contributed by atoms with E-state index in [0.717, 1.165) is 44.5 Å². The second-order valence-electron chi connectivity index (χ2n) is 12.2. The molecule has 0 radical (unpaired) electrons. The van der Waals surface area contributed by atoms with Gasteiger partial charge in [-0.1, -0.05) is 164 Å². The van der Waals surface area contributed by atoms with Crippen molar-refractivity contribution in [2.45, 2.75) is 0 Å². The maximum absolute atomic E-state index is 5.32. The third-order valence-corrected chi connectivity index (χ3v) is 9.27. The molecule has 0 saturated heterocycles. The predicted octanol–water partition coefficient (Wildman–Crippen LogP) is 12.3. The van der Waals surface area contributed by atoms with Crippen molar-refractivity contribution in [1.82, 2.24) is 9.97 Å². The summed E-state index contributed by atoms with van der Waals surface area (Å²) in [5, 5.41) is 5.80. The summed E-state index contributed by atoms with van der Waals surface area (Å²) in [4.78, 5) is 10.5. The van der Waals surface area contributed by atoms with Crippen LogP contribution in [-0.2, 0) is 0 Å². The van der Waals surface area contributed by atoms with Crippen LogP contribution in [0.3, 0.4) is 0 Å². The van der Waals surface area contributed by atoms with E-state index in [4.69, 9.17) is 9.97 Å². The number of hydrogen-bond acceptors (Lipinski definition) is 2. The van der Waals surface area contributed by atoms with Crippen LogP contribution < -0.4 is 0 Å². The van der Waals surface area contributed by atoms with E-state index < -0.39 is 0 Å². The Morgan fingerprint density at radius 1 is 0.312 bits per heavy atom. The van der Waals surface area contributed by atoms with Crippen molar-refractivity contribution in [3.8, 4) is 56.0 Å². The summed E-state index contributed by atoms with van der Waals surface area (Å²) in [5.41, 5.74) is 11.2. The van der Waals surface area contributed by atoms with Crippen LogP contribution in [0, 0.1) is 0 Å². The van der Waals surface area contributed by atoms with Crippen molar-refractivity contribution in [1.29, 1.82) is 0 Å². The highest BCUT2D eigenvalue weighted by molar-refractivity contribution is 6.15. The maximum Gasteiger partial charge on any atom is 0.160 e. The lowest BCUT2D eigenvalue weighted by Gasteiger charge is -2.14. The summed E-state index contributed by atoms with van der Waals surface area (Å²) in [6, 6.07) is 64.5. The number of fused-ring (bicyclic) bond motifs is 4. The van der Waals surface area contributed by atoms with E-state index in [0.29, 0.717) is 0 Å².